The Labute approximate surface area is 125 Å². The molecule has 1 aromatic carbocycles. The molecule has 2 fully saturated rings. The predicted octanol–water partition coefficient (Wildman–Crippen LogP) is 2.81. The molecule has 0 aromatic heterocycles. The number of piperidine rings is 2. The van der Waals surface area contributed by atoms with Gasteiger partial charge in [-0.2, -0.15) is 0 Å². The molecule has 4 heteroatoms. The number of carbonyl (C=O) groups excluding carboxylic acids is 1. The molecule has 114 valence electrons. The van der Waals surface area contributed by atoms with Gasteiger partial charge in [0.05, 0.1) is 6.61 Å². The van der Waals surface area contributed by atoms with Crippen molar-refractivity contribution < 1.29 is 14.6 Å². The van der Waals surface area contributed by atoms with Crippen molar-refractivity contribution in [1.29, 1.82) is 0 Å². The number of para-hydroxylation sites is 1. The van der Waals surface area contributed by atoms with Gasteiger partial charge in [0.1, 0.15) is 11.3 Å². The molecule has 2 saturated heterocycles. The minimum absolute atomic E-state index is 0.00885. The smallest absolute Gasteiger partial charge is 0.341 e. The maximum absolute atomic E-state index is 12.1. The number of hydrogen-bond donors (Lipinski definition) is 1. The molecule has 21 heavy (non-hydrogen) atoms. The van der Waals surface area contributed by atoms with Gasteiger partial charge in [-0.1, -0.05) is 18.6 Å². The summed E-state index contributed by atoms with van der Waals surface area (Å²) in [5, 5.41) is 9.70. The third-order valence-corrected chi connectivity index (χ3v) is 4.78. The lowest BCUT2D eigenvalue weighted by Gasteiger charge is -2.44. The van der Waals surface area contributed by atoms with E-state index < -0.39 is 5.97 Å². The van der Waals surface area contributed by atoms with E-state index in [9.17, 15) is 9.90 Å². The maximum atomic E-state index is 12.1. The van der Waals surface area contributed by atoms with Gasteiger partial charge < -0.3 is 9.84 Å². The highest BCUT2D eigenvalue weighted by Crippen LogP contribution is 2.31. The Kier molecular flexibility index (Phi) is 4.44. The average Bonchev–Trinajstić information content (AvgIpc) is 2.53. The monoisotopic (exact) mass is 289 g/mol. The first-order valence-corrected chi connectivity index (χ1v) is 7.95. The fraction of sp³-hybridized carbons (Fsp3) is 0.588. The molecule has 0 radical (unpaired) electrons. The largest absolute Gasteiger partial charge is 0.507 e. The molecule has 2 aliphatic rings. The summed E-state index contributed by atoms with van der Waals surface area (Å²) in [5.41, 5.74) is 0.258. The average molecular weight is 289 g/mol. The van der Waals surface area contributed by atoms with Crippen LogP contribution in [0.25, 0.3) is 0 Å². The van der Waals surface area contributed by atoms with E-state index in [1.54, 1.807) is 18.2 Å². The number of hydrogen-bond acceptors (Lipinski definition) is 4. The Morgan fingerprint density at radius 1 is 1.19 bits per heavy atom. The highest BCUT2D eigenvalue weighted by molar-refractivity contribution is 5.92. The van der Waals surface area contributed by atoms with Gasteiger partial charge in [-0.15, -0.1) is 0 Å². The molecule has 1 N–H and O–H groups in total. The first-order valence-electron chi connectivity index (χ1n) is 7.95. The molecule has 2 heterocycles. The van der Waals surface area contributed by atoms with Crippen molar-refractivity contribution in [2.45, 2.75) is 38.1 Å². The maximum Gasteiger partial charge on any atom is 0.341 e. The van der Waals surface area contributed by atoms with Gasteiger partial charge in [-0.05, 0) is 50.9 Å². The van der Waals surface area contributed by atoms with Crippen LogP contribution in [0.4, 0.5) is 0 Å². The van der Waals surface area contributed by atoms with Crippen LogP contribution in [-0.2, 0) is 4.74 Å². The zero-order chi connectivity index (χ0) is 14.7. The van der Waals surface area contributed by atoms with Gasteiger partial charge in [-0.25, -0.2) is 4.79 Å². The van der Waals surface area contributed by atoms with Crippen LogP contribution in [0.3, 0.4) is 0 Å². The molecule has 0 bridgehead atoms. The zero-order valence-corrected chi connectivity index (χ0v) is 12.3. The number of esters is 1. The molecule has 4 nitrogen and oxygen atoms in total. The summed E-state index contributed by atoms with van der Waals surface area (Å²) in [6.07, 6.45) is 6.12. The van der Waals surface area contributed by atoms with Crippen molar-refractivity contribution in [3.05, 3.63) is 29.8 Å². The summed E-state index contributed by atoms with van der Waals surface area (Å²) in [7, 11) is 0. The fourth-order valence-corrected chi connectivity index (χ4v) is 3.68. The summed E-state index contributed by atoms with van der Waals surface area (Å²) in [4.78, 5) is 14.6. The number of phenolic OH excluding ortho intramolecular Hbond substituents is 1. The molecule has 3 rings (SSSR count). The van der Waals surface area contributed by atoms with Crippen molar-refractivity contribution in [2.75, 3.05) is 19.7 Å². The van der Waals surface area contributed by atoms with E-state index in [1.807, 2.05) is 0 Å². The first-order chi connectivity index (χ1) is 10.3. The molecule has 2 aliphatic heterocycles. The van der Waals surface area contributed by atoms with Gasteiger partial charge in [0.15, 0.2) is 0 Å². The predicted molar refractivity (Wildman–Crippen MR) is 80.3 cm³/mol. The topological polar surface area (TPSA) is 49.8 Å². The highest BCUT2D eigenvalue weighted by atomic mass is 16.5. The molecule has 0 spiro atoms. The molecule has 0 saturated carbocycles. The van der Waals surface area contributed by atoms with Gasteiger partial charge in [0.25, 0.3) is 0 Å². The van der Waals surface area contributed by atoms with E-state index in [2.05, 4.69) is 4.90 Å². The van der Waals surface area contributed by atoms with Crippen LogP contribution in [0.15, 0.2) is 24.3 Å². The number of carbonyl (C=O) groups is 1. The molecule has 1 aromatic rings. The minimum Gasteiger partial charge on any atom is -0.507 e. The summed E-state index contributed by atoms with van der Waals surface area (Å²) >= 11 is 0. The number of fused-ring (bicyclic) bond motifs is 1. The third-order valence-electron chi connectivity index (χ3n) is 4.78. The second kappa shape index (κ2) is 6.48. The lowest BCUT2D eigenvalue weighted by Crippen LogP contribution is -2.49. The van der Waals surface area contributed by atoms with E-state index in [1.165, 1.54) is 44.8 Å². The van der Waals surface area contributed by atoms with Crippen LogP contribution < -0.4 is 0 Å². The highest BCUT2D eigenvalue weighted by Gasteiger charge is 2.33. The summed E-state index contributed by atoms with van der Waals surface area (Å²) in [5.74, 6) is 0.0142. The lowest BCUT2D eigenvalue weighted by molar-refractivity contribution is 0.00723. The van der Waals surface area contributed by atoms with Crippen molar-refractivity contribution in [3.63, 3.8) is 0 Å². The van der Waals surface area contributed by atoms with E-state index in [4.69, 9.17) is 4.74 Å². The second-order valence-corrected chi connectivity index (χ2v) is 6.12. The Hall–Kier alpha value is -1.55. The summed E-state index contributed by atoms with van der Waals surface area (Å²) in [6, 6.07) is 7.13. The zero-order valence-electron chi connectivity index (χ0n) is 12.3. The van der Waals surface area contributed by atoms with E-state index in [0.717, 1.165) is 6.42 Å². The Morgan fingerprint density at radius 3 is 2.86 bits per heavy atom. The van der Waals surface area contributed by atoms with Crippen LogP contribution in [0.5, 0.6) is 5.75 Å². The van der Waals surface area contributed by atoms with Crippen molar-refractivity contribution in [2.24, 2.45) is 5.92 Å². The Balaban J connectivity index is 1.59. The Morgan fingerprint density at radius 2 is 2.00 bits per heavy atom. The van der Waals surface area contributed by atoms with Crippen LogP contribution in [0.1, 0.15) is 42.5 Å². The van der Waals surface area contributed by atoms with E-state index >= 15 is 0 Å². The van der Waals surface area contributed by atoms with Crippen LogP contribution >= 0.6 is 0 Å². The van der Waals surface area contributed by atoms with Crippen LogP contribution in [0, 0.1) is 5.92 Å². The number of aromatic hydroxyl groups is 1. The van der Waals surface area contributed by atoms with Crippen LogP contribution in [0.2, 0.25) is 0 Å². The molecular weight excluding hydrogens is 266 g/mol. The fourth-order valence-electron chi connectivity index (χ4n) is 3.68. The minimum atomic E-state index is -0.416. The van der Waals surface area contributed by atoms with Gasteiger partial charge in [0, 0.05) is 12.0 Å². The van der Waals surface area contributed by atoms with Gasteiger partial charge >= 0.3 is 5.97 Å². The molecule has 2 unspecified atom stereocenters. The summed E-state index contributed by atoms with van der Waals surface area (Å²) in [6.45, 7) is 2.84. The number of nitrogens with zero attached hydrogens (tertiary/aromatic N) is 1. The van der Waals surface area contributed by atoms with Crippen molar-refractivity contribution in [3.8, 4) is 5.75 Å². The molecule has 2 atom stereocenters. The number of benzene rings is 1. The molecule has 0 amide bonds. The number of phenols is 1. The van der Waals surface area contributed by atoms with E-state index in [-0.39, 0.29) is 11.3 Å². The summed E-state index contributed by atoms with van der Waals surface area (Å²) < 4.78 is 5.47. The molecular formula is C17H23NO3. The number of rotatable bonds is 3. The Bertz CT molecular complexity index is 501. The van der Waals surface area contributed by atoms with Gasteiger partial charge in [0.2, 0.25) is 0 Å². The second-order valence-electron chi connectivity index (χ2n) is 6.12. The standard InChI is InChI=1S/C17H23NO3/c19-16-9-2-1-7-14(16)17(20)21-12-13-6-5-11-18-10-4-3-8-15(13)18/h1-2,7,9,13,15,19H,3-6,8,10-12H2. The van der Waals surface area contributed by atoms with Gasteiger partial charge in [-0.3, -0.25) is 4.90 Å². The normalized spacial score (nSPS) is 26.1. The quantitative estimate of drug-likeness (QED) is 0.869. The van der Waals surface area contributed by atoms with E-state index in [0.29, 0.717) is 18.6 Å². The lowest BCUT2D eigenvalue weighted by atomic mass is 9.84. The molecule has 0 aliphatic carbocycles. The van der Waals surface area contributed by atoms with Crippen molar-refractivity contribution >= 4 is 5.97 Å². The SMILES string of the molecule is O=C(OCC1CCCN2CCCCC12)c1ccccc1O. The third kappa shape index (κ3) is 3.21. The van der Waals surface area contributed by atoms with Crippen molar-refractivity contribution in [1.82, 2.24) is 4.90 Å². The number of ether oxygens (including phenoxy) is 1. The first kappa shape index (κ1) is 14.4. The van der Waals surface area contributed by atoms with Crippen LogP contribution in [-0.4, -0.2) is 41.7 Å².